The van der Waals surface area contributed by atoms with E-state index in [1.165, 1.54) is 0 Å². The molecule has 0 amide bonds. The zero-order chi connectivity index (χ0) is 48.0. The zero-order valence-corrected chi connectivity index (χ0v) is 41.4. The minimum absolute atomic E-state index is 0. The zero-order valence-electron chi connectivity index (χ0n) is 41.2. The molecule has 0 saturated heterocycles. The first-order valence-electron chi connectivity index (χ1n) is 23.8. The molecular formula is C63H53N3OPt. The maximum Gasteiger partial charge on any atom is 2.00 e. The van der Waals surface area contributed by atoms with Crippen LogP contribution >= 0.6 is 0 Å². The Hall–Kier alpha value is -7.13. The van der Waals surface area contributed by atoms with Crippen LogP contribution in [0.1, 0.15) is 64.5 Å². The van der Waals surface area contributed by atoms with E-state index in [-0.39, 0.29) is 21.1 Å². The van der Waals surface area contributed by atoms with E-state index in [2.05, 4.69) is 170 Å². The van der Waals surface area contributed by atoms with Crippen molar-refractivity contribution < 1.29 is 28.5 Å². The van der Waals surface area contributed by atoms with Crippen LogP contribution in [-0.2, 0) is 21.1 Å². The van der Waals surface area contributed by atoms with E-state index in [0.717, 1.165) is 111 Å². The minimum Gasteiger partial charge on any atom is -0.665 e. The first kappa shape index (κ1) is 43.4. The number of pyridine rings is 1. The maximum absolute atomic E-state index is 9.48. The number of aryl methyl sites for hydroxylation is 2. The monoisotopic (exact) mass is 1060 g/mol. The quantitative estimate of drug-likeness (QED) is 0.121. The Morgan fingerprint density at radius 2 is 1.19 bits per heavy atom. The molecule has 4 nitrogen and oxygen atoms in total. The molecule has 10 aromatic rings. The molecule has 0 radical (unpaired) electrons. The Morgan fingerprint density at radius 3 is 1.84 bits per heavy atom. The summed E-state index contributed by atoms with van der Waals surface area (Å²) in [6.07, 6.45) is 1.86. The van der Waals surface area contributed by atoms with Crippen molar-refractivity contribution in [2.75, 3.05) is 0 Å². The normalized spacial score (nSPS) is 12.0. The Labute approximate surface area is 418 Å². The second-order valence-electron chi connectivity index (χ2n) is 17.8. The van der Waals surface area contributed by atoms with E-state index in [0.29, 0.717) is 11.6 Å². The van der Waals surface area contributed by atoms with Gasteiger partial charge in [-0.1, -0.05) is 184 Å². The number of imidazole rings is 1. The summed E-state index contributed by atoms with van der Waals surface area (Å²) in [5.41, 5.74) is 18.9. The van der Waals surface area contributed by atoms with Crippen molar-refractivity contribution >= 4 is 11.0 Å². The van der Waals surface area contributed by atoms with Crippen LogP contribution in [0, 0.1) is 27.0 Å². The Balaban J connectivity index is 0.00000608. The molecule has 0 fully saturated rings. The van der Waals surface area contributed by atoms with Crippen LogP contribution in [0.15, 0.2) is 188 Å². The number of nitrogens with zero attached hydrogens (tertiary/aromatic N) is 3. The summed E-state index contributed by atoms with van der Waals surface area (Å²) < 4.78 is 26.3. The van der Waals surface area contributed by atoms with Gasteiger partial charge in [0.25, 0.3) is 0 Å². The van der Waals surface area contributed by atoms with Gasteiger partial charge < -0.3 is 4.74 Å². The number of ether oxygens (including phenoxy) is 1. The molecule has 0 atom stereocenters. The summed E-state index contributed by atoms with van der Waals surface area (Å²) in [5, 5.41) is 0. The molecule has 5 heteroatoms. The average molecular weight is 1070 g/mol. The Kier molecular flexibility index (Phi) is 12.5. The first-order valence-corrected chi connectivity index (χ1v) is 22.8. The number of para-hydroxylation sites is 1. The topological polar surface area (TPSA) is 39.9 Å². The fourth-order valence-corrected chi connectivity index (χ4v) is 9.35. The second kappa shape index (κ2) is 19.6. The van der Waals surface area contributed by atoms with Crippen molar-refractivity contribution in [2.45, 2.75) is 53.3 Å². The largest absolute Gasteiger partial charge is 2.00 e. The van der Waals surface area contributed by atoms with Crippen LogP contribution in [0.25, 0.3) is 95.0 Å². The third kappa shape index (κ3) is 8.90. The van der Waals surface area contributed by atoms with E-state index in [4.69, 9.17) is 16.1 Å². The second-order valence-corrected chi connectivity index (χ2v) is 17.8. The summed E-state index contributed by atoms with van der Waals surface area (Å²) in [6, 6.07) is 66.9. The molecule has 2 heterocycles. The van der Waals surface area contributed by atoms with E-state index in [9.17, 15) is 1.37 Å². The molecule has 0 aliphatic carbocycles. The van der Waals surface area contributed by atoms with Crippen molar-refractivity contribution in [3.8, 4) is 89.7 Å². The summed E-state index contributed by atoms with van der Waals surface area (Å²) >= 11 is 0. The number of fused-ring (bicyclic) bond motifs is 1. The molecule has 0 saturated carbocycles. The van der Waals surface area contributed by atoms with Gasteiger partial charge in [0.05, 0.1) is 28.0 Å². The molecular weight excluding hydrogens is 1010 g/mol. The van der Waals surface area contributed by atoms with Gasteiger partial charge in [0.2, 0.25) is 0 Å². The molecule has 0 aliphatic rings. The molecule has 0 unspecified atom stereocenters. The van der Waals surface area contributed by atoms with E-state index < -0.39 is 11.8 Å². The van der Waals surface area contributed by atoms with Gasteiger partial charge in [-0.3, -0.25) is 9.55 Å². The minimum atomic E-state index is -0.918. The average Bonchev–Trinajstić information content (AvgIpc) is 3.76. The van der Waals surface area contributed by atoms with Crippen molar-refractivity contribution in [3.05, 3.63) is 224 Å². The summed E-state index contributed by atoms with van der Waals surface area (Å²) in [4.78, 5) is 10.6. The fraction of sp³-hybridized carbons (Fsp3) is 0.127. The number of hydrogen-bond acceptors (Lipinski definition) is 3. The Bertz CT molecular complexity index is 3500. The third-order valence-electron chi connectivity index (χ3n) is 12.7. The van der Waals surface area contributed by atoms with Crippen LogP contribution in [0.5, 0.6) is 5.75 Å². The standard InChI is InChI=1S/C63H53N3O.Pt/c1-40(2)44-26-28-46(29-27-44)49-30-31-64-58(37-49)52-35-50(45-18-11-8-12-19-45)34-51(36-52)53-24-17-25-59-61(53)65-63(57-33-42(5)32-43(6)62(57)67-7)66(59)60-39-55(47-20-13-9-14-21-47)54(41(3)4)38-56(60)48-22-15-10-16-23-48;/h8-35,37-41H,7H2,1-6H3;/q-2;+2/i40D,41D;. The van der Waals surface area contributed by atoms with Crippen molar-refractivity contribution in [3.63, 3.8) is 0 Å². The smallest absolute Gasteiger partial charge is 0.665 e. The van der Waals surface area contributed by atoms with Gasteiger partial charge in [0.1, 0.15) is 5.82 Å². The predicted molar refractivity (Wildman–Crippen MR) is 279 cm³/mol. The van der Waals surface area contributed by atoms with E-state index >= 15 is 0 Å². The molecule has 0 aliphatic heterocycles. The van der Waals surface area contributed by atoms with Crippen molar-refractivity contribution in [2.24, 2.45) is 0 Å². The molecule has 0 N–H and O–H groups in total. The summed E-state index contributed by atoms with van der Waals surface area (Å²) in [5.74, 6) is -0.258. The van der Waals surface area contributed by atoms with Gasteiger partial charge in [0.15, 0.2) is 0 Å². The van der Waals surface area contributed by atoms with Crippen molar-refractivity contribution in [1.29, 1.82) is 0 Å². The molecule has 0 spiro atoms. The summed E-state index contributed by atoms with van der Waals surface area (Å²) in [7, 11) is 3.95. The van der Waals surface area contributed by atoms with Crippen molar-refractivity contribution in [1.82, 2.24) is 14.5 Å². The molecule has 68 heavy (non-hydrogen) atoms. The van der Waals surface area contributed by atoms with Gasteiger partial charge in [0, 0.05) is 20.2 Å². The number of hydrogen-bond donors (Lipinski definition) is 0. The first-order chi connectivity index (χ1) is 33.2. The summed E-state index contributed by atoms with van der Waals surface area (Å²) in [6.45, 7) is 11.9. The molecule has 8 aromatic carbocycles. The van der Waals surface area contributed by atoms with Gasteiger partial charge in [-0.2, -0.15) is 7.11 Å². The van der Waals surface area contributed by atoms with Crippen LogP contribution in [0.3, 0.4) is 0 Å². The maximum atomic E-state index is 9.48. The van der Waals surface area contributed by atoms with Crippen LogP contribution < -0.4 is 4.74 Å². The molecule has 336 valence electrons. The van der Waals surface area contributed by atoms with E-state index in [1.807, 2.05) is 77.2 Å². The van der Waals surface area contributed by atoms with Gasteiger partial charge in [-0.25, -0.2) is 4.98 Å². The number of aromatic nitrogens is 3. The van der Waals surface area contributed by atoms with E-state index in [1.54, 1.807) is 0 Å². The van der Waals surface area contributed by atoms with Crippen LogP contribution in [0.2, 0.25) is 0 Å². The molecule has 2 aromatic heterocycles. The number of benzene rings is 8. The number of rotatable bonds is 11. The fourth-order valence-electron chi connectivity index (χ4n) is 9.35. The van der Waals surface area contributed by atoms with Gasteiger partial charge in [-0.05, 0) is 112 Å². The molecule has 10 rings (SSSR count). The van der Waals surface area contributed by atoms with Gasteiger partial charge in [-0.15, -0.1) is 23.8 Å². The Morgan fingerprint density at radius 1 is 0.559 bits per heavy atom. The predicted octanol–water partition coefficient (Wildman–Crippen LogP) is 16.9. The SMILES string of the molecule is [2H]C(C)(C)c1ccc(-c2ccnc(-c3[c-]c(-c4cccc5c4nc(-c4cc(C)cc(C)c4O[CH2-])n5-c4cc(-c5ccccc5)c(C([2H])(C)C)cc4-c4ccccc4)cc(-c4ccccc4)c3)c2)cc1.[Pt+2]. The van der Waals surface area contributed by atoms with Crippen LogP contribution in [-0.4, -0.2) is 14.5 Å². The van der Waals surface area contributed by atoms with Crippen LogP contribution in [0.4, 0.5) is 0 Å². The van der Waals surface area contributed by atoms with Gasteiger partial charge >= 0.3 is 21.1 Å². The third-order valence-corrected chi connectivity index (χ3v) is 12.7. The molecule has 0 bridgehead atoms.